The Kier molecular flexibility index (Phi) is 6.02. The number of piperidine rings is 1. The molecule has 0 atom stereocenters. The van der Waals surface area contributed by atoms with Crippen LogP contribution in [0, 0.1) is 0 Å². The Balaban J connectivity index is 1.89. The molecule has 2 rings (SSSR count). The molecule has 1 aromatic rings. The highest BCUT2D eigenvalue weighted by Crippen LogP contribution is 2.10. The number of nitrogens with zero attached hydrogens (tertiary/aromatic N) is 2. The number of hydrogen-bond donors (Lipinski definition) is 2. The van der Waals surface area contributed by atoms with Crippen LogP contribution in [0.1, 0.15) is 18.4 Å². The van der Waals surface area contributed by atoms with Crippen LogP contribution in [0.4, 0.5) is 4.79 Å². The second-order valence-corrected chi connectivity index (χ2v) is 5.66. The number of carbonyl (C=O) groups is 1. The van der Waals surface area contributed by atoms with E-state index >= 15 is 0 Å². The Morgan fingerprint density at radius 1 is 1.33 bits per heavy atom. The molecule has 116 valence electrons. The molecule has 0 aliphatic carbocycles. The number of aliphatic hydroxyl groups excluding tert-OH is 1. The molecule has 1 heterocycles. The molecule has 1 aliphatic rings. The minimum Gasteiger partial charge on any atom is -0.395 e. The van der Waals surface area contributed by atoms with E-state index in [1.807, 2.05) is 30.3 Å². The monoisotopic (exact) mass is 291 g/mol. The van der Waals surface area contributed by atoms with Crippen molar-refractivity contribution < 1.29 is 9.90 Å². The third-order valence-corrected chi connectivity index (χ3v) is 3.92. The number of carbonyl (C=O) groups excluding carboxylic acids is 1. The molecule has 1 fully saturated rings. The first-order chi connectivity index (χ1) is 10.2. The molecule has 1 aromatic carbocycles. The molecule has 0 bridgehead atoms. The number of hydrogen-bond acceptors (Lipinski definition) is 3. The number of nitrogens with one attached hydrogen (secondary N) is 1. The fourth-order valence-electron chi connectivity index (χ4n) is 2.60. The molecule has 2 amide bonds. The Bertz CT molecular complexity index is 430. The van der Waals surface area contributed by atoms with Crippen molar-refractivity contribution in [3.8, 4) is 0 Å². The van der Waals surface area contributed by atoms with E-state index in [9.17, 15) is 9.90 Å². The third-order valence-electron chi connectivity index (χ3n) is 3.92. The van der Waals surface area contributed by atoms with Crippen LogP contribution in [0.3, 0.4) is 0 Å². The van der Waals surface area contributed by atoms with Gasteiger partial charge >= 0.3 is 6.03 Å². The van der Waals surface area contributed by atoms with Gasteiger partial charge in [0.1, 0.15) is 0 Å². The lowest BCUT2D eigenvalue weighted by Gasteiger charge is -2.31. The van der Waals surface area contributed by atoms with Gasteiger partial charge in [-0.2, -0.15) is 0 Å². The standard InChI is InChI=1S/C16H25N3O2/c1-18-9-7-15(8-10-18)17-16(21)19(11-12-20)13-14-5-3-2-4-6-14/h2-6,15,20H,7-13H2,1H3,(H,17,21). The van der Waals surface area contributed by atoms with E-state index in [1.165, 1.54) is 0 Å². The molecule has 1 aliphatic heterocycles. The summed E-state index contributed by atoms with van der Waals surface area (Å²) in [5, 5.41) is 12.3. The summed E-state index contributed by atoms with van der Waals surface area (Å²) in [7, 11) is 2.10. The van der Waals surface area contributed by atoms with Crippen LogP contribution in [0.5, 0.6) is 0 Å². The van der Waals surface area contributed by atoms with Gasteiger partial charge < -0.3 is 20.2 Å². The van der Waals surface area contributed by atoms with Crippen LogP contribution in [-0.4, -0.2) is 60.3 Å². The van der Waals surface area contributed by atoms with E-state index in [1.54, 1.807) is 4.90 Å². The first-order valence-electron chi connectivity index (χ1n) is 7.58. The van der Waals surface area contributed by atoms with E-state index in [4.69, 9.17) is 0 Å². The summed E-state index contributed by atoms with van der Waals surface area (Å²) in [4.78, 5) is 16.3. The zero-order valence-electron chi connectivity index (χ0n) is 12.7. The lowest BCUT2D eigenvalue weighted by molar-refractivity contribution is 0.163. The Labute approximate surface area is 126 Å². The Morgan fingerprint density at radius 2 is 2.00 bits per heavy atom. The van der Waals surface area contributed by atoms with Crippen molar-refractivity contribution in [2.24, 2.45) is 0 Å². The highest BCUT2D eigenvalue weighted by Gasteiger charge is 2.21. The van der Waals surface area contributed by atoms with Crippen LogP contribution in [0.2, 0.25) is 0 Å². The van der Waals surface area contributed by atoms with Gasteiger partial charge in [-0.25, -0.2) is 4.79 Å². The molecule has 0 saturated carbocycles. The van der Waals surface area contributed by atoms with Crippen molar-refractivity contribution in [3.05, 3.63) is 35.9 Å². The van der Waals surface area contributed by atoms with Gasteiger partial charge in [0.25, 0.3) is 0 Å². The minimum absolute atomic E-state index is 0.0202. The predicted octanol–water partition coefficient (Wildman–Crippen LogP) is 1.28. The number of benzene rings is 1. The van der Waals surface area contributed by atoms with E-state index in [0.29, 0.717) is 13.1 Å². The topological polar surface area (TPSA) is 55.8 Å². The number of amides is 2. The number of aliphatic hydroxyl groups is 1. The van der Waals surface area contributed by atoms with Crippen LogP contribution >= 0.6 is 0 Å². The summed E-state index contributed by atoms with van der Waals surface area (Å²) in [5.74, 6) is 0. The summed E-state index contributed by atoms with van der Waals surface area (Å²) in [5.41, 5.74) is 1.07. The van der Waals surface area contributed by atoms with Gasteiger partial charge in [0, 0.05) is 19.1 Å². The molecule has 0 aromatic heterocycles. The van der Waals surface area contributed by atoms with Gasteiger partial charge in [0.05, 0.1) is 6.61 Å². The maximum absolute atomic E-state index is 12.4. The van der Waals surface area contributed by atoms with Crippen molar-refractivity contribution in [1.29, 1.82) is 0 Å². The normalized spacial score (nSPS) is 16.7. The van der Waals surface area contributed by atoms with Gasteiger partial charge in [-0.3, -0.25) is 0 Å². The molecule has 5 heteroatoms. The smallest absolute Gasteiger partial charge is 0.317 e. The summed E-state index contributed by atoms with van der Waals surface area (Å²) in [6.07, 6.45) is 1.97. The number of rotatable bonds is 5. The summed E-state index contributed by atoms with van der Waals surface area (Å²) >= 11 is 0. The third kappa shape index (κ3) is 5.02. The van der Waals surface area contributed by atoms with Crippen LogP contribution < -0.4 is 5.32 Å². The van der Waals surface area contributed by atoms with Crippen LogP contribution in [-0.2, 0) is 6.54 Å². The van der Waals surface area contributed by atoms with Crippen molar-refractivity contribution >= 4 is 6.03 Å². The average molecular weight is 291 g/mol. The predicted molar refractivity (Wildman–Crippen MR) is 83.0 cm³/mol. The van der Waals surface area contributed by atoms with Crippen LogP contribution in [0.15, 0.2) is 30.3 Å². The molecule has 0 radical (unpaired) electrons. The first-order valence-corrected chi connectivity index (χ1v) is 7.58. The highest BCUT2D eigenvalue weighted by molar-refractivity contribution is 5.74. The lowest BCUT2D eigenvalue weighted by Crippen LogP contribution is -2.49. The molecule has 21 heavy (non-hydrogen) atoms. The maximum atomic E-state index is 12.4. The zero-order chi connectivity index (χ0) is 15.1. The van der Waals surface area contributed by atoms with E-state index in [-0.39, 0.29) is 18.7 Å². The van der Waals surface area contributed by atoms with Gasteiger partial charge in [0.15, 0.2) is 0 Å². The van der Waals surface area contributed by atoms with Crippen molar-refractivity contribution in [2.75, 3.05) is 33.3 Å². The number of urea groups is 1. The summed E-state index contributed by atoms with van der Waals surface area (Å²) in [6, 6.07) is 10.0. The van der Waals surface area contributed by atoms with E-state index in [2.05, 4.69) is 17.3 Å². The van der Waals surface area contributed by atoms with Gasteiger partial charge in [-0.15, -0.1) is 0 Å². The fourth-order valence-corrected chi connectivity index (χ4v) is 2.60. The second kappa shape index (κ2) is 8.00. The first kappa shape index (κ1) is 15.8. The molecule has 1 saturated heterocycles. The lowest BCUT2D eigenvalue weighted by atomic mass is 10.1. The minimum atomic E-state index is -0.0811. The van der Waals surface area contributed by atoms with E-state index in [0.717, 1.165) is 31.5 Å². The van der Waals surface area contributed by atoms with Gasteiger partial charge in [0.2, 0.25) is 0 Å². The van der Waals surface area contributed by atoms with Gasteiger partial charge in [-0.05, 0) is 38.5 Å². The van der Waals surface area contributed by atoms with Crippen LogP contribution in [0.25, 0.3) is 0 Å². The Hall–Kier alpha value is -1.59. The SMILES string of the molecule is CN1CCC(NC(=O)N(CCO)Cc2ccccc2)CC1. The largest absolute Gasteiger partial charge is 0.395 e. The molecule has 5 nitrogen and oxygen atoms in total. The molecular formula is C16H25N3O2. The molecule has 2 N–H and O–H groups in total. The molecule has 0 unspecified atom stereocenters. The van der Waals surface area contributed by atoms with Gasteiger partial charge in [-0.1, -0.05) is 30.3 Å². The fraction of sp³-hybridized carbons (Fsp3) is 0.562. The molecule has 0 spiro atoms. The average Bonchev–Trinajstić information content (AvgIpc) is 2.50. The van der Waals surface area contributed by atoms with E-state index < -0.39 is 0 Å². The zero-order valence-corrected chi connectivity index (χ0v) is 12.7. The second-order valence-electron chi connectivity index (χ2n) is 5.66. The van der Waals surface area contributed by atoms with Crippen molar-refractivity contribution in [1.82, 2.24) is 15.1 Å². The van der Waals surface area contributed by atoms with Crippen molar-refractivity contribution in [2.45, 2.75) is 25.4 Å². The quantitative estimate of drug-likeness (QED) is 0.859. The van der Waals surface area contributed by atoms with Crippen molar-refractivity contribution in [3.63, 3.8) is 0 Å². The molecular weight excluding hydrogens is 266 g/mol. The summed E-state index contributed by atoms with van der Waals surface area (Å²) < 4.78 is 0. The highest BCUT2D eigenvalue weighted by atomic mass is 16.3. The summed E-state index contributed by atoms with van der Waals surface area (Å²) in [6.45, 7) is 2.90. The maximum Gasteiger partial charge on any atom is 0.317 e. The number of likely N-dealkylation sites (tertiary alicyclic amines) is 1. The Morgan fingerprint density at radius 3 is 2.62 bits per heavy atom.